The summed E-state index contributed by atoms with van der Waals surface area (Å²) in [6.07, 6.45) is 11.0. The molecule has 0 radical (unpaired) electrons. The van der Waals surface area contributed by atoms with Crippen LogP contribution in [0.15, 0.2) is 0 Å². The van der Waals surface area contributed by atoms with Crippen LogP contribution in [0.5, 0.6) is 0 Å². The zero-order valence-corrected chi connectivity index (χ0v) is 11.3. The quantitative estimate of drug-likeness (QED) is 0.826. The second-order valence-corrected chi connectivity index (χ2v) is 6.64. The summed E-state index contributed by atoms with van der Waals surface area (Å²) < 4.78 is 0. The van der Waals surface area contributed by atoms with Gasteiger partial charge in [-0.25, -0.2) is 4.98 Å². The van der Waals surface area contributed by atoms with Crippen LogP contribution in [-0.4, -0.2) is 4.98 Å². The van der Waals surface area contributed by atoms with Crippen molar-refractivity contribution in [3.8, 4) is 0 Å². The first kappa shape index (κ1) is 11.7. The Labute approximate surface area is 108 Å². The molecule has 3 rings (SSSR count). The summed E-state index contributed by atoms with van der Waals surface area (Å²) in [4.78, 5) is 6.31. The van der Waals surface area contributed by atoms with Crippen LogP contribution in [0.25, 0.3) is 0 Å². The molecule has 2 nitrogen and oxygen atoms in total. The molecule has 17 heavy (non-hydrogen) atoms. The van der Waals surface area contributed by atoms with Crippen molar-refractivity contribution in [1.29, 1.82) is 0 Å². The summed E-state index contributed by atoms with van der Waals surface area (Å²) in [5, 5.41) is 1.40. The van der Waals surface area contributed by atoms with Crippen molar-refractivity contribution in [2.24, 2.45) is 5.73 Å². The van der Waals surface area contributed by atoms with Crippen molar-refractivity contribution in [3.63, 3.8) is 0 Å². The van der Waals surface area contributed by atoms with E-state index in [2.05, 4.69) is 0 Å². The van der Waals surface area contributed by atoms with Crippen molar-refractivity contribution in [2.45, 2.75) is 69.7 Å². The molecule has 0 unspecified atom stereocenters. The predicted molar refractivity (Wildman–Crippen MR) is 72.4 cm³/mol. The fraction of sp³-hybridized carbons (Fsp3) is 0.786. The van der Waals surface area contributed by atoms with E-state index in [-0.39, 0.29) is 0 Å². The van der Waals surface area contributed by atoms with Crippen LogP contribution in [0.3, 0.4) is 0 Å². The Kier molecular flexibility index (Phi) is 3.48. The van der Waals surface area contributed by atoms with Gasteiger partial charge in [-0.15, -0.1) is 11.3 Å². The summed E-state index contributed by atoms with van der Waals surface area (Å²) in [5.74, 6) is 1.49. The number of thiazole rings is 1. The molecule has 1 heterocycles. The van der Waals surface area contributed by atoms with Crippen molar-refractivity contribution in [3.05, 3.63) is 15.6 Å². The standard InChI is InChI=1S/C14H22N2S/c15-9-12-13(10-7-8-10)16-14(17-12)11-5-3-1-2-4-6-11/h10-11H,1-9,15H2. The van der Waals surface area contributed by atoms with E-state index in [9.17, 15) is 0 Å². The minimum Gasteiger partial charge on any atom is -0.326 e. The smallest absolute Gasteiger partial charge is 0.0962 e. The van der Waals surface area contributed by atoms with Gasteiger partial charge in [0.1, 0.15) is 0 Å². The molecule has 0 aromatic carbocycles. The number of aromatic nitrogens is 1. The maximum absolute atomic E-state index is 5.86. The van der Waals surface area contributed by atoms with Crippen molar-refractivity contribution >= 4 is 11.3 Å². The Balaban J connectivity index is 1.81. The zero-order valence-electron chi connectivity index (χ0n) is 10.5. The topological polar surface area (TPSA) is 38.9 Å². The molecular weight excluding hydrogens is 228 g/mol. The molecular formula is C14H22N2S. The average molecular weight is 250 g/mol. The fourth-order valence-corrected chi connectivity index (χ4v) is 4.10. The fourth-order valence-electron chi connectivity index (χ4n) is 2.91. The highest BCUT2D eigenvalue weighted by Gasteiger charge is 2.30. The minimum atomic E-state index is 0.691. The van der Waals surface area contributed by atoms with E-state index in [1.165, 1.54) is 66.9 Å². The summed E-state index contributed by atoms with van der Waals surface area (Å²) in [6.45, 7) is 0.691. The van der Waals surface area contributed by atoms with Crippen LogP contribution in [0.2, 0.25) is 0 Å². The van der Waals surface area contributed by atoms with Crippen LogP contribution in [0, 0.1) is 0 Å². The molecule has 3 heteroatoms. The summed E-state index contributed by atoms with van der Waals surface area (Å²) >= 11 is 1.91. The van der Waals surface area contributed by atoms with Crippen molar-refractivity contribution in [1.82, 2.24) is 4.98 Å². The van der Waals surface area contributed by atoms with Crippen molar-refractivity contribution in [2.75, 3.05) is 0 Å². The predicted octanol–water partition coefficient (Wildman–Crippen LogP) is 3.92. The average Bonchev–Trinajstić information content (AvgIpc) is 3.14. The molecule has 2 aliphatic carbocycles. The van der Waals surface area contributed by atoms with Gasteiger partial charge in [0.25, 0.3) is 0 Å². The van der Waals surface area contributed by atoms with E-state index in [0.29, 0.717) is 6.54 Å². The highest BCUT2D eigenvalue weighted by atomic mass is 32.1. The van der Waals surface area contributed by atoms with E-state index in [1.54, 1.807) is 0 Å². The highest BCUT2D eigenvalue weighted by molar-refractivity contribution is 7.11. The van der Waals surface area contributed by atoms with Gasteiger partial charge in [-0.1, -0.05) is 25.7 Å². The molecule has 2 aliphatic rings. The normalized spacial score (nSPS) is 22.6. The van der Waals surface area contributed by atoms with Gasteiger partial charge in [0.15, 0.2) is 0 Å². The Hall–Kier alpha value is -0.410. The first-order valence-corrected chi connectivity index (χ1v) is 7.89. The van der Waals surface area contributed by atoms with Crippen molar-refractivity contribution < 1.29 is 0 Å². The number of nitrogens with zero attached hydrogens (tertiary/aromatic N) is 1. The van der Waals surface area contributed by atoms with Crippen LogP contribution in [0.1, 0.15) is 78.8 Å². The molecule has 2 saturated carbocycles. The van der Waals surface area contributed by atoms with Gasteiger partial charge in [0.2, 0.25) is 0 Å². The molecule has 2 N–H and O–H groups in total. The molecule has 0 spiro atoms. The van der Waals surface area contributed by atoms with Crippen LogP contribution in [0.4, 0.5) is 0 Å². The molecule has 0 amide bonds. The maximum Gasteiger partial charge on any atom is 0.0962 e. The Bertz CT molecular complexity index is 374. The summed E-state index contributed by atoms with van der Waals surface area (Å²) in [5.41, 5.74) is 7.22. The third kappa shape index (κ3) is 2.55. The van der Waals surface area contributed by atoms with Crippen LogP contribution < -0.4 is 5.73 Å². The highest BCUT2D eigenvalue weighted by Crippen LogP contribution is 2.44. The monoisotopic (exact) mass is 250 g/mol. The maximum atomic E-state index is 5.86. The largest absolute Gasteiger partial charge is 0.326 e. The SMILES string of the molecule is NCc1sc(C2CCCCCC2)nc1C1CC1. The number of rotatable bonds is 3. The Morgan fingerprint density at radius 3 is 2.29 bits per heavy atom. The first-order valence-electron chi connectivity index (χ1n) is 7.08. The van der Waals surface area contributed by atoms with E-state index in [4.69, 9.17) is 10.7 Å². The molecule has 0 aliphatic heterocycles. The van der Waals surface area contributed by atoms with Gasteiger partial charge in [-0.3, -0.25) is 0 Å². The summed E-state index contributed by atoms with van der Waals surface area (Å²) in [6, 6.07) is 0. The first-order chi connectivity index (χ1) is 8.38. The molecule has 0 bridgehead atoms. The molecule has 0 atom stereocenters. The molecule has 1 aromatic heterocycles. The Morgan fingerprint density at radius 1 is 1.00 bits per heavy atom. The van der Waals surface area contributed by atoms with Gasteiger partial charge in [0.05, 0.1) is 10.7 Å². The number of hydrogen-bond donors (Lipinski definition) is 1. The van der Waals surface area contributed by atoms with Gasteiger partial charge < -0.3 is 5.73 Å². The van der Waals surface area contributed by atoms with Gasteiger partial charge >= 0.3 is 0 Å². The molecule has 94 valence electrons. The van der Waals surface area contributed by atoms with E-state index < -0.39 is 0 Å². The van der Waals surface area contributed by atoms with Gasteiger partial charge in [-0.05, 0) is 25.7 Å². The summed E-state index contributed by atoms with van der Waals surface area (Å²) in [7, 11) is 0. The minimum absolute atomic E-state index is 0.691. The lowest BCUT2D eigenvalue weighted by Gasteiger charge is -2.09. The third-order valence-electron chi connectivity index (χ3n) is 4.10. The second-order valence-electron chi connectivity index (χ2n) is 5.53. The lowest BCUT2D eigenvalue weighted by atomic mass is 10.0. The zero-order chi connectivity index (χ0) is 11.7. The molecule has 0 saturated heterocycles. The number of hydrogen-bond acceptors (Lipinski definition) is 3. The number of nitrogens with two attached hydrogens (primary N) is 1. The van der Waals surface area contributed by atoms with Gasteiger partial charge in [-0.2, -0.15) is 0 Å². The lowest BCUT2D eigenvalue weighted by molar-refractivity contribution is 0.587. The Morgan fingerprint density at radius 2 is 1.71 bits per heavy atom. The van der Waals surface area contributed by atoms with E-state index >= 15 is 0 Å². The van der Waals surface area contributed by atoms with Crippen LogP contribution in [-0.2, 0) is 6.54 Å². The second kappa shape index (κ2) is 5.07. The van der Waals surface area contributed by atoms with E-state index in [1.807, 2.05) is 11.3 Å². The third-order valence-corrected chi connectivity index (χ3v) is 5.35. The lowest BCUT2D eigenvalue weighted by Crippen LogP contribution is -1.97. The molecule has 1 aromatic rings. The van der Waals surface area contributed by atoms with Crippen LogP contribution >= 0.6 is 11.3 Å². The van der Waals surface area contributed by atoms with E-state index in [0.717, 1.165) is 11.8 Å². The molecule has 2 fully saturated rings. The van der Waals surface area contributed by atoms with Gasteiger partial charge in [0, 0.05) is 23.3 Å².